The van der Waals surface area contributed by atoms with Crippen molar-refractivity contribution in [3.8, 4) is 11.5 Å². The van der Waals surface area contributed by atoms with Crippen LogP contribution < -0.4 is 20.7 Å². The summed E-state index contributed by atoms with van der Waals surface area (Å²) < 4.78 is 10.9. The second kappa shape index (κ2) is 6.41. The number of para-hydroxylation sites is 1. The fourth-order valence-corrected chi connectivity index (χ4v) is 2.33. The van der Waals surface area contributed by atoms with Crippen LogP contribution in [0.4, 0.5) is 0 Å². The second-order valence-electron chi connectivity index (χ2n) is 4.59. The molecule has 1 atom stereocenters. The summed E-state index contributed by atoms with van der Waals surface area (Å²) in [5.74, 6) is 7.36. The van der Waals surface area contributed by atoms with Gasteiger partial charge in [0.05, 0.1) is 20.3 Å². The van der Waals surface area contributed by atoms with Gasteiger partial charge in [-0.1, -0.05) is 35.9 Å². The van der Waals surface area contributed by atoms with E-state index in [0.717, 1.165) is 28.2 Å². The molecule has 4 heteroatoms. The molecule has 3 N–H and O–H groups in total. The van der Waals surface area contributed by atoms with E-state index in [4.69, 9.17) is 15.3 Å². The lowest BCUT2D eigenvalue weighted by atomic mass is 9.96. The van der Waals surface area contributed by atoms with Gasteiger partial charge in [-0.15, -0.1) is 0 Å². The highest BCUT2D eigenvalue weighted by atomic mass is 16.5. The third kappa shape index (κ3) is 2.76. The van der Waals surface area contributed by atoms with Gasteiger partial charge in [-0.25, -0.2) is 5.43 Å². The van der Waals surface area contributed by atoms with Gasteiger partial charge in [0.2, 0.25) is 0 Å². The Labute approximate surface area is 119 Å². The molecule has 2 rings (SSSR count). The van der Waals surface area contributed by atoms with Crippen LogP contribution in [0.15, 0.2) is 42.5 Å². The van der Waals surface area contributed by atoms with Gasteiger partial charge in [0.1, 0.15) is 11.5 Å². The highest BCUT2D eigenvalue weighted by molar-refractivity contribution is 5.47. The molecule has 0 aliphatic rings. The van der Waals surface area contributed by atoms with Crippen molar-refractivity contribution in [1.82, 2.24) is 5.43 Å². The Morgan fingerprint density at radius 2 is 1.60 bits per heavy atom. The zero-order valence-electron chi connectivity index (χ0n) is 12.0. The lowest BCUT2D eigenvalue weighted by Crippen LogP contribution is -2.29. The van der Waals surface area contributed by atoms with E-state index >= 15 is 0 Å². The number of methoxy groups -OCH3 is 2. The summed E-state index contributed by atoms with van der Waals surface area (Å²) >= 11 is 0. The van der Waals surface area contributed by atoms with Gasteiger partial charge in [-0.3, -0.25) is 5.84 Å². The third-order valence-corrected chi connectivity index (χ3v) is 3.31. The van der Waals surface area contributed by atoms with E-state index in [1.807, 2.05) is 43.3 Å². The Morgan fingerprint density at radius 1 is 0.950 bits per heavy atom. The van der Waals surface area contributed by atoms with E-state index in [0.29, 0.717) is 0 Å². The summed E-state index contributed by atoms with van der Waals surface area (Å²) in [7, 11) is 3.31. The zero-order valence-corrected chi connectivity index (χ0v) is 12.0. The largest absolute Gasteiger partial charge is 0.496 e. The standard InChI is InChI=1S/C16H20N2O2/c1-11-8-9-15(20-3)13(10-11)16(18-17)12-6-4-5-7-14(12)19-2/h4-10,16,18H,17H2,1-3H3. The maximum absolute atomic E-state index is 5.77. The molecule has 2 aromatic rings. The molecule has 0 spiro atoms. The molecule has 2 aromatic carbocycles. The first-order valence-corrected chi connectivity index (χ1v) is 6.44. The first-order valence-electron chi connectivity index (χ1n) is 6.44. The number of benzene rings is 2. The van der Waals surface area contributed by atoms with Gasteiger partial charge in [-0.2, -0.15) is 0 Å². The van der Waals surface area contributed by atoms with Crippen molar-refractivity contribution in [3.63, 3.8) is 0 Å². The van der Waals surface area contributed by atoms with Crippen LogP contribution >= 0.6 is 0 Å². The maximum atomic E-state index is 5.77. The Hall–Kier alpha value is -2.04. The number of aryl methyl sites for hydroxylation is 1. The van der Waals surface area contributed by atoms with Crippen molar-refractivity contribution < 1.29 is 9.47 Å². The molecule has 0 bridgehead atoms. The number of nitrogens with two attached hydrogens (primary N) is 1. The molecule has 0 aliphatic heterocycles. The quantitative estimate of drug-likeness (QED) is 0.649. The predicted molar refractivity (Wildman–Crippen MR) is 79.9 cm³/mol. The second-order valence-corrected chi connectivity index (χ2v) is 4.59. The summed E-state index contributed by atoms with van der Waals surface area (Å²) in [6.07, 6.45) is 0. The first-order chi connectivity index (χ1) is 9.71. The fraction of sp³-hybridized carbons (Fsp3) is 0.250. The molecule has 0 amide bonds. The van der Waals surface area contributed by atoms with Crippen molar-refractivity contribution in [3.05, 3.63) is 59.2 Å². The number of hydrogen-bond donors (Lipinski definition) is 2. The number of nitrogens with one attached hydrogen (secondary N) is 1. The molecule has 0 heterocycles. The number of rotatable bonds is 5. The van der Waals surface area contributed by atoms with Crippen LogP contribution in [0.2, 0.25) is 0 Å². The number of hydrazine groups is 1. The molecule has 0 saturated carbocycles. The monoisotopic (exact) mass is 272 g/mol. The Kier molecular flexibility index (Phi) is 4.61. The summed E-state index contributed by atoms with van der Waals surface area (Å²) in [6, 6.07) is 13.6. The third-order valence-electron chi connectivity index (χ3n) is 3.31. The molecule has 20 heavy (non-hydrogen) atoms. The molecule has 0 aromatic heterocycles. The molecule has 0 radical (unpaired) electrons. The van der Waals surface area contributed by atoms with Crippen LogP contribution in [0.3, 0.4) is 0 Å². The van der Waals surface area contributed by atoms with E-state index < -0.39 is 0 Å². The van der Waals surface area contributed by atoms with Crippen LogP contribution in [0, 0.1) is 6.92 Å². The van der Waals surface area contributed by atoms with Gasteiger partial charge in [0.15, 0.2) is 0 Å². The summed E-state index contributed by atoms with van der Waals surface area (Å²) in [6.45, 7) is 2.04. The zero-order chi connectivity index (χ0) is 14.5. The van der Waals surface area contributed by atoms with E-state index in [1.165, 1.54) is 0 Å². The smallest absolute Gasteiger partial charge is 0.124 e. The van der Waals surface area contributed by atoms with Crippen LogP contribution in [-0.2, 0) is 0 Å². The van der Waals surface area contributed by atoms with Crippen LogP contribution in [0.1, 0.15) is 22.7 Å². The van der Waals surface area contributed by atoms with Gasteiger partial charge in [0, 0.05) is 11.1 Å². The SMILES string of the molecule is COc1ccccc1C(NN)c1cc(C)ccc1OC. The molecular formula is C16H20N2O2. The minimum absolute atomic E-state index is 0.194. The van der Waals surface area contributed by atoms with Crippen molar-refractivity contribution in [2.75, 3.05) is 14.2 Å². The molecular weight excluding hydrogens is 252 g/mol. The summed E-state index contributed by atoms with van der Waals surface area (Å²) in [4.78, 5) is 0. The summed E-state index contributed by atoms with van der Waals surface area (Å²) in [5.41, 5.74) is 5.96. The first kappa shape index (κ1) is 14.4. The van der Waals surface area contributed by atoms with Gasteiger partial charge >= 0.3 is 0 Å². The molecule has 106 valence electrons. The molecule has 1 unspecified atom stereocenters. The maximum Gasteiger partial charge on any atom is 0.124 e. The van der Waals surface area contributed by atoms with E-state index in [9.17, 15) is 0 Å². The highest BCUT2D eigenvalue weighted by Crippen LogP contribution is 2.34. The molecule has 0 aliphatic carbocycles. The van der Waals surface area contributed by atoms with Crippen LogP contribution in [-0.4, -0.2) is 14.2 Å². The average Bonchev–Trinajstić information content (AvgIpc) is 2.49. The van der Waals surface area contributed by atoms with Crippen molar-refractivity contribution in [2.24, 2.45) is 5.84 Å². The van der Waals surface area contributed by atoms with E-state index in [1.54, 1.807) is 14.2 Å². The minimum atomic E-state index is -0.194. The summed E-state index contributed by atoms with van der Waals surface area (Å²) in [5, 5.41) is 0. The number of hydrogen-bond acceptors (Lipinski definition) is 4. The molecule has 0 fully saturated rings. The highest BCUT2D eigenvalue weighted by Gasteiger charge is 2.20. The van der Waals surface area contributed by atoms with Gasteiger partial charge in [0.25, 0.3) is 0 Å². The fourth-order valence-electron chi connectivity index (χ4n) is 2.33. The predicted octanol–water partition coefficient (Wildman–Crippen LogP) is 2.56. The number of ether oxygens (including phenoxy) is 2. The lowest BCUT2D eigenvalue weighted by molar-refractivity contribution is 0.394. The topological polar surface area (TPSA) is 56.5 Å². The lowest BCUT2D eigenvalue weighted by Gasteiger charge is -2.22. The van der Waals surface area contributed by atoms with Crippen LogP contribution in [0.5, 0.6) is 11.5 Å². The van der Waals surface area contributed by atoms with Gasteiger partial charge < -0.3 is 9.47 Å². The van der Waals surface area contributed by atoms with E-state index in [2.05, 4.69) is 11.5 Å². The Balaban J connectivity index is 2.55. The average molecular weight is 272 g/mol. The minimum Gasteiger partial charge on any atom is -0.496 e. The van der Waals surface area contributed by atoms with E-state index in [-0.39, 0.29) is 6.04 Å². The Bertz CT molecular complexity index is 584. The molecule has 4 nitrogen and oxygen atoms in total. The Morgan fingerprint density at radius 3 is 2.25 bits per heavy atom. The van der Waals surface area contributed by atoms with Crippen molar-refractivity contribution in [1.29, 1.82) is 0 Å². The van der Waals surface area contributed by atoms with Crippen LogP contribution in [0.25, 0.3) is 0 Å². The molecule has 0 saturated heterocycles. The van der Waals surface area contributed by atoms with Crippen molar-refractivity contribution >= 4 is 0 Å². The normalized spacial score (nSPS) is 12.0. The van der Waals surface area contributed by atoms with Gasteiger partial charge in [-0.05, 0) is 19.1 Å². The van der Waals surface area contributed by atoms with Crippen molar-refractivity contribution in [2.45, 2.75) is 13.0 Å².